The van der Waals surface area contributed by atoms with E-state index in [0.717, 1.165) is 11.8 Å². The van der Waals surface area contributed by atoms with Crippen LogP contribution in [0.15, 0.2) is 0 Å². The standard InChI is InChI=1S/C6H14.C4H10.C2H6O.C2H6/c1-4-6(3)5-2;1-4(2)3;1-3-2;1-2/h6H,4-5H2,1-3H3;4H,1-3H3;1-2H3;1-2H3. The summed E-state index contributed by atoms with van der Waals surface area (Å²) in [7, 11) is 3.25. The first kappa shape index (κ1) is 24.3. The molecule has 0 saturated carbocycles. The maximum atomic E-state index is 4.25. The van der Waals surface area contributed by atoms with E-state index in [9.17, 15) is 0 Å². The van der Waals surface area contributed by atoms with Crippen molar-refractivity contribution in [2.75, 3.05) is 14.2 Å². The van der Waals surface area contributed by atoms with E-state index in [-0.39, 0.29) is 0 Å². The number of ether oxygens (including phenoxy) is 1. The third kappa shape index (κ3) is 127. The molecule has 0 rings (SSSR count). The van der Waals surface area contributed by atoms with Gasteiger partial charge >= 0.3 is 0 Å². The molecular weight excluding hydrogens is 184 g/mol. The lowest BCUT2D eigenvalue weighted by Gasteiger charge is -1.98. The first-order chi connectivity index (χ1) is 6.95. The minimum atomic E-state index is 0.833. The Morgan fingerprint density at radius 2 is 0.933 bits per heavy atom. The fourth-order valence-corrected chi connectivity index (χ4v) is 0.289. The largest absolute Gasteiger partial charge is 0.388 e. The van der Waals surface area contributed by atoms with Gasteiger partial charge in [0, 0.05) is 14.2 Å². The van der Waals surface area contributed by atoms with Crippen LogP contribution < -0.4 is 0 Å². The molecule has 0 aromatic carbocycles. The molecule has 0 radical (unpaired) electrons. The molecule has 0 fully saturated rings. The molecule has 0 aliphatic rings. The van der Waals surface area contributed by atoms with Gasteiger partial charge in [-0.2, -0.15) is 0 Å². The summed E-state index contributed by atoms with van der Waals surface area (Å²) in [6, 6.07) is 0. The monoisotopic (exact) mass is 220 g/mol. The van der Waals surface area contributed by atoms with Gasteiger partial charge < -0.3 is 4.74 Å². The molecule has 0 bridgehead atoms. The number of rotatable bonds is 2. The van der Waals surface area contributed by atoms with Crippen molar-refractivity contribution in [3.63, 3.8) is 0 Å². The fourth-order valence-electron chi connectivity index (χ4n) is 0.289. The Hall–Kier alpha value is -0.0400. The van der Waals surface area contributed by atoms with E-state index in [0.29, 0.717) is 0 Å². The summed E-state index contributed by atoms with van der Waals surface area (Å²) in [6.45, 7) is 17.2. The second kappa shape index (κ2) is 29.2. The molecule has 15 heavy (non-hydrogen) atoms. The molecule has 98 valence electrons. The SMILES string of the molecule is CC.CC(C)C.CCC(C)CC.COC. The topological polar surface area (TPSA) is 9.23 Å². The molecule has 0 spiro atoms. The lowest BCUT2D eigenvalue weighted by Crippen LogP contribution is -1.85. The van der Waals surface area contributed by atoms with Crippen molar-refractivity contribution in [2.24, 2.45) is 11.8 Å². The van der Waals surface area contributed by atoms with Crippen LogP contribution >= 0.6 is 0 Å². The number of methoxy groups -OCH3 is 1. The molecule has 0 saturated heterocycles. The van der Waals surface area contributed by atoms with E-state index in [1.165, 1.54) is 12.8 Å². The van der Waals surface area contributed by atoms with Crippen molar-refractivity contribution >= 4 is 0 Å². The summed E-state index contributed by atoms with van der Waals surface area (Å²) in [5, 5.41) is 0. The van der Waals surface area contributed by atoms with Gasteiger partial charge in [-0.1, -0.05) is 68.2 Å². The van der Waals surface area contributed by atoms with Gasteiger partial charge in [0.1, 0.15) is 0 Å². The van der Waals surface area contributed by atoms with Crippen LogP contribution in [0, 0.1) is 11.8 Å². The first-order valence-corrected chi connectivity index (χ1v) is 6.36. The van der Waals surface area contributed by atoms with Crippen LogP contribution in [0.4, 0.5) is 0 Å². The van der Waals surface area contributed by atoms with Gasteiger partial charge in [0.2, 0.25) is 0 Å². The fraction of sp³-hybridized carbons (Fsp3) is 1.00. The highest BCUT2D eigenvalue weighted by Gasteiger charge is 1.88. The first-order valence-electron chi connectivity index (χ1n) is 6.36. The Labute approximate surface area is 99.6 Å². The van der Waals surface area contributed by atoms with Crippen molar-refractivity contribution in [3.05, 3.63) is 0 Å². The van der Waals surface area contributed by atoms with Crippen LogP contribution in [0.3, 0.4) is 0 Å². The average molecular weight is 220 g/mol. The van der Waals surface area contributed by atoms with Crippen LogP contribution in [0.5, 0.6) is 0 Å². The molecule has 0 aliphatic heterocycles. The zero-order valence-corrected chi connectivity index (χ0v) is 13.0. The number of hydrogen-bond donors (Lipinski definition) is 0. The van der Waals surface area contributed by atoms with Gasteiger partial charge in [-0.15, -0.1) is 0 Å². The molecular formula is C14H36O. The summed E-state index contributed by atoms with van der Waals surface area (Å²) < 4.78 is 4.25. The van der Waals surface area contributed by atoms with Crippen LogP contribution in [0.2, 0.25) is 0 Å². The van der Waals surface area contributed by atoms with Crippen molar-refractivity contribution in [3.8, 4) is 0 Å². The van der Waals surface area contributed by atoms with Crippen molar-refractivity contribution in [2.45, 2.75) is 68.2 Å². The predicted molar refractivity (Wildman–Crippen MR) is 74.5 cm³/mol. The Morgan fingerprint density at radius 1 is 0.800 bits per heavy atom. The highest BCUT2D eigenvalue weighted by Crippen LogP contribution is 2.02. The van der Waals surface area contributed by atoms with E-state index >= 15 is 0 Å². The lowest BCUT2D eigenvalue weighted by atomic mass is 10.1. The molecule has 0 atom stereocenters. The van der Waals surface area contributed by atoms with Gasteiger partial charge in [-0.05, 0) is 11.8 Å². The molecule has 0 heterocycles. The molecule has 0 amide bonds. The van der Waals surface area contributed by atoms with Gasteiger partial charge in [0.05, 0.1) is 0 Å². The van der Waals surface area contributed by atoms with E-state index in [1.54, 1.807) is 14.2 Å². The Morgan fingerprint density at radius 3 is 0.933 bits per heavy atom. The third-order valence-electron chi connectivity index (χ3n) is 1.39. The summed E-state index contributed by atoms with van der Waals surface area (Å²) >= 11 is 0. The van der Waals surface area contributed by atoms with Gasteiger partial charge in [0.15, 0.2) is 0 Å². The summed E-state index contributed by atoms with van der Waals surface area (Å²) in [5.41, 5.74) is 0. The van der Waals surface area contributed by atoms with Crippen molar-refractivity contribution in [1.29, 1.82) is 0 Å². The van der Waals surface area contributed by atoms with E-state index in [1.807, 2.05) is 13.8 Å². The maximum absolute atomic E-state index is 4.25. The third-order valence-corrected chi connectivity index (χ3v) is 1.39. The molecule has 0 aromatic heterocycles. The maximum Gasteiger partial charge on any atom is 0.0351 e. The van der Waals surface area contributed by atoms with Gasteiger partial charge in [-0.3, -0.25) is 0 Å². The Kier molecular flexibility index (Phi) is 47.3. The smallest absolute Gasteiger partial charge is 0.0351 e. The van der Waals surface area contributed by atoms with Crippen LogP contribution in [0.1, 0.15) is 68.2 Å². The molecule has 1 heteroatoms. The average Bonchev–Trinajstić information content (AvgIpc) is 2.20. The minimum absolute atomic E-state index is 0.833. The zero-order valence-electron chi connectivity index (χ0n) is 13.0. The van der Waals surface area contributed by atoms with Gasteiger partial charge in [0.25, 0.3) is 0 Å². The van der Waals surface area contributed by atoms with E-state index < -0.39 is 0 Å². The summed E-state index contributed by atoms with van der Waals surface area (Å²) in [5.74, 6) is 1.77. The molecule has 0 aromatic rings. The predicted octanol–water partition coefficient (Wildman–Crippen LogP) is 5.39. The van der Waals surface area contributed by atoms with E-state index in [4.69, 9.17) is 0 Å². The Balaban J connectivity index is -0.0000000590. The number of hydrogen-bond acceptors (Lipinski definition) is 1. The van der Waals surface area contributed by atoms with Crippen molar-refractivity contribution in [1.82, 2.24) is 0 Å². The summed E-state index contributed by atoms with van der Waals surface area (Å²) in [4.78, 5) is 0. The van der Waals surface area contributed by atoms with Crippen LogP contribution in [-0.4, -0.2) is 14.2 Å². The van der Waals surface area contributed by atoms with E-state index in [2.05, 4.69) is 46.3 Å². The van der Waals surface area contributed by atoms with Crippen LogP contribution in [-0.2, 0) is 4.74 Å². The Bertz CT molecular complexity index is 53.6. The summed E-state index contributed by atoms with van der Waals surface area (Å²) in [6.07, 6.45) is 2.66. The van der Waals surface area contributed by atoms with Gasteiger partial charge in [-0.25, -0.2) is 0 Å². The highest BCUT2D eigenvalue weighted by atomic mass is 16.4. The quantitative estimate of drug-likeness (QED) is 0.606. The zero-order chi connectivity index (χ0) is 13.3. The second-order valence-corrected chi connectivity index (χ2v) is 4.06. The molecule has 0 unspecified atom stereocenters. The molecule has 0 N–H and O–H groups in total. The normalized spacial score (nSPS) is 8.00. The van der Waals surface area contributed by atoms with Crippen molar-refractivity contribution < 1.29 is 4.74 Å². The second-order valence-electron chi connectivity index (χ2n) is 4.06. The lowest BCUT2D eigenvalue weighted by molar-refractivity contribution is 0.277. The minimum Gasteiger partial charge on any atom is -0.388 e. The van der Waals surface area contributed by atoms with Crippen LogP contribution in [0.25, 0.3) is 0 Å². The molecule has 1 nitrogen and oxygen atoms in total. The highest BCUT2D eigenvalue weighted by molar-refractivity contribution is 4.41. The molecule has 0 aliphatic carbocycles.